The summed E-state index contributed by atoms with van der Waals surface area (Å²) in [6, 6.07) is 14.1. The molecule has 32 heavy (non-hydrogen) atoms. The molecule has 1 aliphatic rings. The average Bonchev–Trinajstić information content (AvgIpc) is 3.43. The molecule has 164 valence electrons. The van der Waals surface area contributed by atoms with Gasteiger partial charge in [-0.15, -0.1) is 22.7 Å². The number of nitrogen functional groups attached to an aromatic ring is 1. The molecule has 5 rings (SSSR count). The van der Waals surface area contributed by atoms with Crippen LogP contribution in [0.3, 0.4) is 0 Å². The van der Waals surface area contributed by atoms with Gasteiger partial charge < -0.3 is 10.6 Å². The number of aromatic nitrogens is 2. The molecule has 9 heteroatoms. The second kappa shape index (κ2) is 8.78. The highest BCUT2D eigenvalue weighted by atomic mass is 35.5. The number of thiophene rings is 2. The minimum absolute atomic E-state index is 0.105. The van der Waals surface area contributed by atoms with Crippen molar-refractivity contribution in [3.8, 4) is 9.75 Å². The van der Waals surface area contributed by atoms with Crippen LogP contribution in [-0.2, 0) is 6.54 Å². The minimum atomic E-state index is 0.105. The summed E-state index contributed by atoms with van der Waals surface area (Å²) in [6.45, 7) is 5.30. The molecule has 1 atom stereocenters. The number of hydrogen-bond acceptors (Lipinski definition) is 7. The molecule has 0 saturated carbocycles. The van der Waals surface area contributed by atoms with E-state index in [1.165, 1.54) is 34.6 Å². The third kappa shape index (κ3) is 4.23. The van der Waals surface area contributed by atoms with Crippen LogP contribution >= 0.6 is 34.3 Å². The number of piperazine rings is 1. The van der Waals surface area contributed by atoms with Crippen molar-refractivity contribution < 1.29 is 4.79 Å². The Kier molecular flexibility index (Phi) is 5.86. The fourth-order valence-corrected chi connectivity index (χ4v) is 6.23. The van der Waals surface area contributed by atoms with Crippen LogP contribution in [0.25, 0.3) is 20.7 Å². The van der Waals surface area contributed by atoms with Crippen LogP contribution in [0.5, 0.6) is 0 Å². The van der Waals surface area contributed by atoms with E-state index in [9.17, 15) is 4.79 Å². The van der Waals surface area contributed by atoms with E-state index >= 15 is 0 Å². The van der Waals surface area contributed by atoms with Crippen molar-refractivity contribution in [2.75, 3.05) is 25.4 Å². The molecule has 0 spiro atoms. The molecule has 0 bridgehead atoms. The topological polar surface area (TPSA) is 75.3 Å². The van der Waals surface area contributed by atoms with Crippen molar-refractivity contribution >= 4 is 56.9 Å². The summed E-state index contributed by atoms with van der Waals surface area (Å²) in [6.07, 6.45) is 1.50. The number of nitrogens with two attached hydrogens (primary N) is 1. The van der Waals surface area contributed by atoms with Crippen molar-refractivity contribution in [2.24, 2.45) is 0 Å². The zero-order chi connectivity index (χ0) is 22.2. The number of carbonyl (C=O) groups excluding carboxylic acids is 1. The summed E-state index contributed by atoms with van der Waals surface area (Å²) >= 11 is 9.13. The van der Waals surface area contributed by atoms with Gasteiger partial charge in [-0.05, 0) is 48.9 Å². The molecule has 4 aromatic rings. The van der Waals surface area contributed by atoms with Crippen LogP contribution in [0.4, 0.5) is 5.82 Å². The zero-order valence-corrected chi connectivity index (χ0v) is 19.9. The standard InChI is InChI=1S/C23H22ClN5OS2/c1-14-11-28(12-15-2-3-16-17(10-15)26-13-27-22(16)25)8-9-29(14)23(30)20-5-4-18(31-20)19-6-7-21(24)32-19/h2-7,10,13-14H,8-9,11-12H2,1H3,(H2,25,26,27)/t14-/m0/s1. The highest BCUT2D eigenvalue weighted by molar-refractivity contribution is 7.24. The maximum atomic E-state index is 13.2. The van der Waals surface area contributed by atoms with Gasteiger partial charge in [0.2, 0.25) is 0 Å². The molecule has 2 N–H and O–H groups in total. The highest BCUT2D eigenvalue weighted by Crippen LogP contribution is 2.36. The first-order valence-electron chi connectivity index (χ1n) is 10.4. The third-order valence-corrected chi connectivity index (χ3v) is 8.24. The second-order valence-electron chi connectivity index (χ2n) is 7.96. The molecule has 0 radical (unpaired) electrons. The lowest BCUT2D eigenvalue weighted by atomic mass is 10.1. The lowest BCUT2D eigenvalue weighted by molar-refractivity contribution is 0.0480. The summed E-state index contributed by atoms with van der Waals surface area (Å²) in [5.74, 6) is 0.607. The quantitative estimate of drug-likeness (QED) is 0.442. The van der Waals surface area contributed by atoms with E-state index in [0.717, 1.165) is 49.5 Å². The van der Waals surface area contributed by atoms with Crippen LogP contribution in [0.1, 0.15) is 22.2 Å². The maximum absolute atomic E-state index is 13.2. The molecule has 4 heterocycles. The van der Waals surface area contributed by atoms with Gasteiger partial charge in [-0.2, -0.15) is 0 Å². The first-order chi connectivity index (χ1) is 15.5. The molecule has 0 aliphatic carbocycles. The highest BCUT2D eigenvalue weighted by Gasteiger charge is 2.29. The Morgan fingerprint density at radius 3 is 2.72 bits per heavy atom. The predicted octanol–water partition coefficient (Wildman–Crippen LogP) is 5.00. The SMILES string of the molecule is C[C@H]1CN(Cc2ccc3c(N)ncnc3c2)CCN1C(=O)c1ccc(-c2ccc(Cl)s2)s1. The number of halogens is 1. The summed E-state index contributed by atoms with van der Waals surface area (Å²) in [5.41, 5.74) is 7.97. The molecule has 0 unspecified atom stereocenters. The Hall–Kier alpha value is -2.52. The lowest BCUT2D eigenvalue weighted by Gasteiger charge is -2.39. The lowest BCUT2D eigenvalue weighted by Crippen LogP contribution is -2.53. The largest absolute Gasteiger partial charge is 0.383 e. The van der Waals surface area contributed by atoms with Crippen molar-refractivity contribution in [3.05, 3.63) is 63.6 Å². The van der Waals surface area contributed by atoms with E-state index in [0.29, 0.717) is 12.4 Å². The van der Waals surface area contributed by atoms with Gasteiger partial charge in [0.1, 0.15) is 12.1 Å². The third-order valence-electron chi connectivity index (χ3n) is 5.74. The van der Waals surface area contributed by atoms with E-state index in [1.54, 1.807) is 0 Å². The number of anilines is 1. The predicted molar refractivity (Wildman–Crippen MR) is 132 cm³/mol. The number of hydrogen-bond donors (Lipinski definition) is 1. The Balaban J connectivity index is 1.24. The Morgan fingerprint density at radius 2 is 1.94 bits per heavy atom. The first-order valence-corrected chi connectivity index (χ1v) is 12.4. The maximum Gasteiger partial charge on any atom is 0.264 e. The van der Waals surface area contributed by atoms with Crippen molar-refractivity contribution in [1.29, 1.82) is 0 Å². The number of rotatable bonds is 4. The van der Waals surface area contributed by atoms with Crippen molar-refractivity contribution in [2.45, 2.75) is 19.5 Å². The van der Waals surface area contributed by atoms with Gasteiger partial charge in [0.25, 0.3) is 5.91 Å². The number of benzene rings is 1. The monoisotopic (exact) mass is 483 g/mol. The van der Waals surface area contributed by atoms with Gasteiger partial charge in [-0.25, -0.2) is 9.97 Å². The number of amides is 1. The van der Waals surface area contributed by atoms with Gasteiger partial charge in [-0.1, -0.05) is 17.7 Å². The number of carbonyl (C=O) groups is 1. The van der Waals surface area contributed by atoms with Crippen LogP contribution < -0.4 is 5.73 Å². The van der Waals surface area contributed by atoms with Gasteiger partial charge in [0.05, 0.1) is 14.7 Å². The smallest absolute Gasteiger partial charge is 0.264 e. The molecule has 1 fully saturated rings. The summed E-state index contributed by atoms with van der Waals surface area (Å²) in [5, 5.41) is 0.875. The van der Waals surface area contributed by atoms with E-state index in [1.807, 2.05) is 35.2 Å². The zero-order valence-electron chi connectivity index (χ0n) is 17.5. The van der Waals surface area contributed by atoms with Gasteiger partial charge in [0.15, 0.2) is 0 Å². The van der Waals surface area contributed by atoms with Crippen molar-refractivity contribution in [3.63, 3.8) is 0 Å². The molecular weight excluding hydrogens is 462 g/mol. The fourth-order valence-electron chi connectivity index (χ4n) is 4.13. The van der Waals surface area contributed by atoms with Gasteiger partial charge in [0, 0.05) is 47.4 Å². The first kappa shape index (κ1) is 21.3. The van der Waals surface area contributed by atoms with Gasteiger partial charge in [-0.3, -0.25) is 9.69 Å². The van der Waals surface area contributed by atoms with E-state index < -0.39 is 0 Å². The normalized spacial score (nSPS) is 17.2. The van der Waals surface area contributed by atoms with E-state index in [2.05, 4.69) is 33.9 Å². The average molecular weight is 484 g/mol. The Labute approximate surface area is 199 Å². The molecule has 1 aromatic carbocycles. The summed E-state index contributed by atoms with van der Waals surface area (Å²) in [7, 11) is 0. The van der Waals surface area contributed by atoms with Crippen LogP contribution in [0.15, 0.2) is 48.8 Å². The van der Waals surface area contributed by atoms with Crippen molar-refractivity contribution in [1.82, 2.24) is 19.8 Å². The second-order valence-corrected chi connectivity index (χ2v) is 10.8. The molecule has 1 saturated heterocycles. The molecule has 1 aliphatic heterocycles. The molecule has 6 nitrogen and oxygen atoms in total. The molecular formula is C23H22ClN5OS2. The van der Waals surface area contributed by atoms with E-state index in [4.69, 9.17) is 17.3 Å². The number of fused-ring (bicyclic) bond motifs is 1. The number of nitrogens with zero attached hydrogens (tertiary/aromatic N) is 4. The summed E-state index contributed by atoms with van der Waals surface area (Å²) in [4.78, 5) is 28.9. The van der Waals surface area contributed by atoms with Crippen LogP contribution in [0.2, 0.25) is 4.34 Å². The minimum Gasteiger partial charge on any atom is -0.383 e. The van der Waals surface area contributed by atoms with Crippen LogP contribution in [0, 0.1) is 0 Å². The summed E-state index contributed by atoms with van der Waals surface area (Å²) < 4.78 is 0.758. The Bertz CT molecular complexity index is 1290. The Morgan fingerprint density at radius 1 is 1.12 bits per heavy atom. The van der Waals surface area contributed by atoms with E-state index in [-0.39, 0.29) is 11.9 Å². The van der Waals surface area contributed by atoms with Crippen LogP contribution in [-0.4, -0.2) is 51.4 Å². The molecule has 3 aromatic heterocycles. The van der Waals surface area contributed by atoms with Gasteiger partial charge >= 0.3 is 0 Å². The molecule has 1 amide bonds. The fraction of sp³-hybridized carbons (Fsp3) is 0.261.